The lowest BCUT2D eigenvalue weighted by atomic mass is 10.1. The predicted molar refractivity (Wildman–Crippen MR) is 103 cm³/mol. The van der Waals surface area contributed by atoms with Crippen molar-refractivity contribution in [2.24, 2.45) is 5.92 Å². The zero-order valence-electron chi connectivity index (χ0n) is 14.7. The van der Waals surface area contributed by atoms with Crippen LogP contribution >= 0.6 is 0 Å². The van der Waals surface area contributed by atoms with Crippen LogP contribution in [0.2, 0.25) is 0 Å². The van der Waals surface area contributed by atoms with Crippen LogP contribution < -0.4 is 9.62 Å². The summed E-state index contributed by atoms with van der Waals surface area (Å²) in [4.78, 5) is 12.5. The molecule has 1 aliphatic heterocycles. The number of sulfonamides is 1. The van der Waals surface area contributed by atoms with Crippen molar-refractivity contribution in [1.29, 1.82) is 0 Å². The molecule has 2 aromatic carbocycles. The van der Waals surface area contributed by atoms with Gasteiger partial charge in [-0.1, -0.05) is 30.3 Å². The molecule has 0 spiro atoms. The molecule has 2 aromatic rings. The normalized spacial score (nSPS) is 23.7. The molecule has 2 fully saturated rings. The van der Waals surface area contributed by atoms with Crippen molar-refractivity contribution in [3.05, 3.63) is 59.7 Å². The van der Waals surface area contributed by atoms with Crippen LogP contribution in [-0.2, 0) is 14.8 Å². The maximum atomic E-state index is 12.5. The van der Waals surface area contributed by atoms with E-state index in [1.807, 2.05) is 31.2 Å². The molecular weight excluding hydrogens is 348 g/mol. The topological polar surface area (TPSA) is 66.5 Å². The molecule has 136 valence electrons. The molecule has 6 heteroatoms. The number of hydrogen-bond acceptors (Lipinski definition) is 3. The Bertz CT molecular complexity index is 941. The van der Waals surface area contributed by atoms with Crippen molar-refractivity contribution in [2.45, 2.75) is 25.7 Å². The number of aryl methyl sites for hydroxylation is 1. The molecule has 1 N–H and O–H groups in total. The van der Waals surface area contributed by atoms with Gasteiger partial charge in [-0.25, -0.2) is 8.42 Å². The summed E-state index contributed by atoms with van der Waals surface area (Å²) < 4.78 is 25.7. The van der Waals surface area contributed by atoms with Crippen LogP contribution in [0.25, 0.3) is 0 Å². The molecule has 2 aliphatic rings. The van der Waals surface area contributed by atoms with Gasteiger partial charge in [-0.3, -0.25) is 9.10 Å². The molecule has 0 aromatic heterocycles. The van der Waals surface area contributed by atoms with Gasteiger partial charge < -0.3 is 5.32 Å². The summed E-state index contributed by atoms with van der Waals surface area (Å²) in [5.74, 6) is 0.537. The zero-order valence-corrected chi connectivity index (χ0v) is 15.5. The van der Waals surface area contributed by atoms with E-state index in [0.717, 1.165) is 12.0 Å². The first-order valence-electron chi connectivity index (χ1n) is 8.92. The van der Waals surface area contributed by atoms with Gasteiger partial charge in [-0.15, -0.1) is 0 Å². The molecular formula is C20H22N2O3S. The van der Waals surface area contributed by atoms with E-state index in [1.165, 1.54) is 9.87 Å². The quantitative estimate of drug-likeness (QED) is 0.898. The molecule has 0 bridgehead atoms. The summed E-state index contributed by atoms with van der Waals surface area (Å²) in [7, 11) is -3.19. The van der Waals surface area contributed by atoms with Gasteiger partial charge in [0.1, 0.15) is 0 Å². The van der Waals surface area contributed by atoms with Crippen molar-refractivity contribution in [3.8, 4) is 0 Å². The number of anilines is 2. The standard InChI is InChI=1S/C20H22N2O3S/c1-14-12-16(8-9-19(14)22-10-5-11-26(22,24)25)21-20(23)18-13-17(18)15-6-3-2-4-7-15/h2-4,6-9,12,17-18H,5,10-11,13H2,1H3,(H,21,23). The highest BCUT2D eigenvalue weighted by Gasteiger charge is 2.43. The van der Waals surface area contributed by atoms with Crippen LogP contribution in [0.1, 0.15) is 29.9 Å². The second kappa shape index (κ2) is 6.43. The first-order chi connectivity index (χ1) is 12.5. The fraction of sp³-hybridized carbons (Fsp3) is 0.350. The maximum Gasteiger partial charge on any atom is 0.235 e. The minimum Gasteiger partial charge on any atom is -0.326 e. The molecule has 1 aliphatic carbocycles. The van der Waals surface area contributed by atoms with E-state index in [9.17, 15) is 13.2 Å². The van der Waals surface area contributed by atoms with Gasteiger partial charge in [-0.05, 0) is 55.0 Å². The van der Waals surface area contributed by atoms with Crippen molar-refractivity contribution in [3.63, 3.8) is 0 Å². The molecule has 1 heterocycles. The van der Waals surface area contributed by atoms with Crippen LogP contribution in [-0.4, -0.2) is 26.6 Å². The highest BCUT2D eigenvalue weighted by molar-refractivity contribution is 7.93. The molecule has 1 amide bonds. The molecule has 5 nitrogen and oxygen atoms in total. The molecule has 2 atom stereocenters. The van der Waals surface area contributed by atoms with Crippen molar-refractivity contribution in [2.75, 3.05) is 21.9 Å². The number of rotatable bonds is 4. The van der Waals surface area contributed by atoms with E-state index in [1.54, 1.807) is 12.1 Å². The minimum atomic E-state index is -3.19. The van der Waals surface area contributed by atoms with Gasteiger partial charge in [0.15, 0.2) is 0 Å². The van der Waals surface area contributed by atoms with E-state index < -0.39 is 10.0 Å². The maximum absolute atomic E-state index is 12.5. The van der Waals surface area contributed by atoms with Crippen LogP contribution in [0.15, 0.2) is 48.5 Å². The number of carbonyl (C=O) groups is 1. The minimum absolute atomic E-state index is 0.0105. The van der Waals surface area contributed by atoms with Gasteiger partial charge in [0.05, 0.1) is 11.4 Å². The molecule has 26 heavy (non-hydrogen) atoms. The van der Waals surface area contributed by atoms with Crippen molar-refractivity contribution >= 4 is 27.3 Å². The number of nitrogens with one attached hydrogen (secondary N) is 1. The Balaban J connectivity index is 1.45. The lowest BCUT2D eigenvalue weighted by Crippen LogP contribution is -2.25. The van der Waals surface area contributed by atoms with E-state index in [-0.39, 0.29) is 17.6 Å². The summed E-state index contributed by atoms with van der Waals surface area (Å²) in [5, 5.41) is 2.98. The smallest absolute Gasteiger partial charge is 0.235 e. The SMILES string of the molecule is Cc1cc(NC(=O)C2CC2c2ccccc2)ccc1N1CCCS1(=O)=O. The van der Waals surface area contributed by atoms with E-state index in [2.05, 4.69) is 17.4 Å². The van der Waals surface area contributed by atoms with Gasteiger partial charge in [-0.2, -0.15) is 0 Å². The summed E-state index contributed by atoms with van der Waals surface area (Å²) in [6.07, 6.45) is 1.53. The molecule has 2 unspecified atom stereocenters. The lowest BCUT2D eigenvalue weighted by Gasteiger charge is -2.20. The predicted octanol–water partition coefficient (Wildman–Crippen LogP) is 3.28. The van der Waals surface area contributed by atoms with Gasteiger partial charge >= 0.3 is 0 Å². The van der Waals surface area contributed by atoms with Crippen molar-refractivity contribution < 1.29 is 13.2 Å². The highest BCUT2D eigenvalue weighted by Crippen LogP contribution is 2.48. The average molecular weight is 370 g/mol. The summed E-state index contributed by atoms with van der Waals surface area (Å²) in [6, 6.07) is 15.5. The van der Waals surface area contributed by atoms with E-state index in [4.69, 9.17) is 0 Å². The third kappa shape index (κ3) is 3.21. The molecule has 1 saturated carbocycles. The summed E-state index contributed by atoms with van der Waals surface area (Å²) >= 11 is 0. The third-order valence-electron chi connectivity index (χ3n) is 5.19. The van der Waals surface area contributed by atoms with Crippen LogP contribution in [0, 0.1) is 12.8 Å². The van der Waals surface area contributed by atoms with E-state index >= 15 is 0 Å². The molecule has 0 radical (unpaired) electrons. The highest BCUT2D eigenvalue weighted by atomic mass is 32.2. The first kappa shape index (κ1) is 17.1. The average Bonchev–Trinajstić information content (AvgIpc) is 3.34. The molecule has 1 saturated heterocycles. The zero-order chi connectivity index (χ0) is 18.3. The number of carbonyl (C=O) groups excluding carboxylic acids is 1. The Morgan fingerprint density at radius 3 is 2.58 bits per heavy atom. The van der Waals surface area contributed by atoms with Crippen LogP contribution in [0.5, 0.6) is 0 Å². The number of hydrogen-bond donors (Lipinski definition) is 1. The third-order valence-corrected chi connectivity index (χ3v) is 7.04. The summed E-state index contributed by atoms with van der Waals surface area (Å²) in [6.45, 7) is 2.40. The Morgan fingerprint density at radius 2 is 1.92 bits per heavy atom. The van der Waals surface area contributed by atoms with Gasteiger partial charge in [0.25, 0.3) is 0 Å². The van der Waals surface area contributed by atoms with Gasteiger partial charge in [0, 0.05) is 18.2 Å². The van der Waals surface area contributed by atoms with Crippen molar-refractivity contribution in [1.82, 2.24) is 0 Å². The summed E-state index contributed by atoms with van der Waals surface area (Å²) in [5.41, 5.74) is 3.47. The Morgan fingerprint density at radius 1 is 1.15 bits per heavy atom. The fourth-order valence-corrected chi connectivity index (χ4v) is 5.34. The van der Waals surface area contributed by atoms with Crippen LogP contribution in [0.4, 0.5) is 11.4 Å². The first-order valence-corrected chi connectivity index (χ1v) is 10.5. The number of nitrogens with zero attached hydrogens (tertiary/aromatic N) is 1. The Labute approximate surface area is 154 Å². The Kier molecular flexibility index (Phi) is 4.23. The van der Waals surface area contributed by atoms with Gasteiger partial charge in [0.2, 0.25) is 15.9 Å². The number of benzene rings is 2. The number of amides is 1. The second-order valence-corrected chi connectivity index (χ2v) is 9.10. The largest absolute Gasteiger partial charge is 0.326 e. The second-order valence-electron chi connectivity index (χ2n) is 7.09. The van der Waals surface area contributed by atoms with Crippen LogP contribution in [0.3, 0.4) is 0 Å². The Hall–Kier alpha value is -2.34. The van der Waals surface area contributed by atoms with E-state index in [0.29, 0.717) is 30.3 Å². The fourth-order valence-electron chi connectivity index (χ4n) is 3.71. The monoisotopic (exact) mass is 370 g/mol. The lowest BCUT2D eigenvalue weighted by molar-refractivity contribution is -0.117. The molecule has 4 rings (SSSR count).